The highest BCUT2D eigenvalue weighted by atomic mass is 127. The van der Waals surface area contributed by atoms with Gasteiger partial charge in [-0.2, -0.15) is 0 Å². The van der Waals surface area contributed by atoms with Crippen LogP contribution >= 0.6 is 136 Å². The predicted molar refractivity (Wildman–Crippen MR) is 271 cm³/mol. The number of carbonyl (C=O) groups excluding carboxylic acids is 2. The molecule has 3 unspecified atom stereocenters. The van der Waals surface area contributed by atoms with Gasteiger partial charge in [0.2, 0.25) is 0 Å². The molecule has 2 aromatic rings. The summed E-state index contributed by atoms with van der Waals surface area (Å²) < 4.78 is 11.0. The highest BCUT2D eigenvalue weighted by Gasteiger charge is 2.55. The van der Waals surface area contributed by atoms with Crippen molar-refractivity contribution in [2.75, 3.05) is 18.1 Å². The van der Waals surface area contributed by atoms with Crippen molar-refractivity contribution >= 4 is 159 Å². The third-order valence-corrected chi connectivity index (χ3v) is 15.4. The lowest BCUT2D eigenvalue weighted by Crippen LogP contribution is -2.50. The molecular weight excluding hydrogens is 1350 g/mol. The normalized spacial score (nSPS) is 14.0. The molecule has 2 aromatic carbocycles. The summed E-state index contributed by atoms with van der Waals surface area (Å²) in [6, 6.07) is 3.82. The van der Waals surface area contributed by atoms with Gasteiger partial charge in [-0.05, 0) is 198 Å². The fraction of sp³-hybridized carbons (Fsp3) is 0.600. The Bertz CT molecular complexity index is 1510. The van der Waals surface area contributed by atoms with Crippen molar-refractivity contribution in [1.82, 2.24) is 0 Å². The van der Waals surface area contributed by atoms with E-state index < -0.39 is 30.0 Å². The molecular formula is C40H56I6N2O5. The van der Waals surface area contributed by atoms with Gasteiger partial charge in [-0.3, -0.25) is 9.59 Å². The van der Waals surface area contributed by atoms with E-state index in [1.54, 1.807) is 0 Å². The highest BCUT2D eigenvalue weighted by Crippen LogP contribution is 2.51. The SMILES string of the molecule is CCCCCCCCC=CCCCCCCCC(=O)C(CC(O)CO)(C(=O)Oc1c(I)cc(I)c(N)c1I)C(CCCC)c1c(I)cc(I)c(N)c1I. The minimum absolute atomic E-state index is 0.157. The fourth-order valence-electron chi connectivity index (χ4n) is 6.66. The topological polar surface area (TPSA) is 136 Å². The number of esters is 1. The van der Waals surface area contributed by atoms with Crippen molar-refractivity contribution in [3.63, 3.8) is 0 Å². The van der Waals surface area contributed by atoms with Gasteiger partial charge in [-0.1, -0.05) is 90.2 Å². The van der Waals surface area contributed by atoms with Gasteiger partial charge in [-0.15, -0.1) is 0 Å². The van der Waals surface area contributed by atoms with Crippen LogP contribution in [0, 0.1) is 26.8 Å². The van der Waals surface area contributed by atoms with Crippen LogP contribution in [-0.4, -0.2) is 34.7 Å². The zero-order valence-electron chi connectivity index (χ0n) is 30.9. The van der Waals surface area contributed by atoms with Gasteiger partial charge < -0.3 is 26.4 Å². The summed E-state index contributed by atoms with van der Waals surface area (Å²) in [6.45, 7) is 3.73. The minimum Gasteiger partial charge on any atom is -0.423 e. The molecule has 0 bridgehead atoms. The lowest BCUT2D eigenvalue weighted by Gasteiger charge is -2.40. The number of hydrogen-bond donors (Lipinski definition) is 4. The highest BCUT2D eigenvalue weighted by molar-refractivity contribution is 14.1. The number of ketones is 1. The number of rotatable bonds is 26. The quantitative estimate of drug-likeness (QED) is 0.0140. The molecule has 6 N–H and O–H groups in total. The average Bonchev–Trinajstić information content (AvgIpc) is 3.13. The molecule has 7 nitrogen and oxygen atoms in total. The molecule has 0 heterocycles. The Morgan fingerprint density at radius 1 is 0.736 bits per heavy atom. The van der Waals surface area contributed by atoms with Gasteiger partial charge in [0.25, 0.3) is 0 Å². The largest absolute Gasteiger partial charge is 0.423 e. The van der Waals surface area contributed by atoms with Crippen LogP contribution in [0.15, 0.2) is 24.3 Å². The van der Waals surface area contributed by atoms with Gasteiger partial charge in [0, 0.05) is 26.6 Å². The monoisotopic (exact) mass is 1410 g/mol. The number of hydrogen-bond acceptors (Lipinski definition) is 7. The van der Waals surface area contributed by atoms with Crippen molar-refractivity contribution in [3.05, 3.63) is 51.3 Å². The second kappa shape index (κ2) is 27.1. The van der Waals surface area contributed by atoms with Gasteiger partial charge >= 0.3 is 5.97 Å². The van der Waals surface area contributed by atoms with Crippen molar-refractivity contribution < 1.29 is 24.5 Å². The Labute approximate surface area is 399 Å². The molecule has 0 aliphatic heterocycles. The first kappa shape index (κ1) is 50.4. The molecule has 0 amide bonds. The van der Waals surface area contributed by atoms with E-state index in [9.17, 15) is 15.0 Å². The molecule has 0 spiro atoms. The van der Waals surface area contributed by atoms with Crippen LogP contribution < -0.4 is 16.2 Å². The van der Waals surface area contributed by atoms with E-state index in [0.717, 1.165) is 71.2 Å². The number of anilines is 2. The summed E-state index contributed by atoms with van der Waals surface area (Å²) in [5.74, 6) is -1.36. The zero-order valence-corrected chi connectivity index (χ0v) is 43.9. The van der Waals surface area contributed by atoms with Gasteiger partial charge in [0.15, 0.2) is 11.5 Å². The second-order valence-electron chi connectivity index (χ2n) is 13.7. The molecule has 13 heteroatoms. The zero-order chi connectivity index (χ0) is 39.6. The molecule has 0 aliphatic carbocycles. The maximum absolute atomic E-state index is 15.0. The molecule has 3 atom stereocenters. The molecule has 0 fully saturated rings. The number of nitrogens with two attached hydrogens (primary N) is 2. The Hall–Kier alpha value is 1.22. The maximum atomic E-state index is 15.0. The number of unbranched alkanes of at least 4 members (excludes halogenated alkanes) is 12. The number of Topliss-reactive ketones (excluding diaryl/α,β-unsaturated/α-hetero) is 1. The molecule has 53 heavy (non-hydrogen) atoms. The van der Waals surface area contributed by atoms with Crippen LogP contribution in [0.3, 0.4) is 0 Å². The van der Waals surface area contributed by atoms with Crippen LogP contribution in [0.2, 0.25) is 0 Å². The molecule has 0 saturated carbocycles. The smallest absolute Gasteiger partial charge is 0.325 e. The van der Waals surface area contributed by atoms with Gasteiger partial charge in [0.1, 0.15) is 5.41 Å². The minimum atomic E-state index is -1.79. The van der Waals surface area contributed by atoms with Crippen molar-refractivity contribution in [2.45, 2.75) is 141 Å². The standard InChI is InChI=1S/C40H56I6N2O5/c1-3-5-7-8-9-10-11-12-13-14-15-16-17-18-19-21-32(51)40(24-26(50)25-49,39(52)53-38-31(44)23-30(43)37(48)35(38)46)27(20-6-4-2)33-28(41)22-29(42)36(47)34(33)45/h12-13,22-23,26-27,49-50H,3-11,14-21,24-25,47-48H2,1-2H3. The first-order valence-electron chi connectivity index (χ1n) is 18.8. The third kappa shape index (κ3) is 15.4. The van der Waals surface area contributed by atoms with Crippen LogP contribution in [0.1, 0.15) is 141 Å². The number of halogens is 6. The van der Waals surface area contributed by atoms with Gasteiger partial charge in [-0.25, -0.2) is 0 Å². The van der Waals surface area contributed by atoms with E-state index >= 15 is 4.79 Å². The molecule has 0 radical (unpaired) electrons. The van der Waals surface area contributed by atoms with Crippen LogP contribution in [-0.2, 0) is 9.59 Å². The maximum Gasteiger partial charge on any atom is 0.325 e. The molecule has 2 rings (SSSR count). The van der Waals surface area contributed by atoms with Crippen LogP contribution in [0.25, 0.3) is 0 Å². The second-order valence-corrected chi connectivity index (χ2v) is 20.5. The number of aliphatic hydroxyl groups excluding tert-OH is 2. The first-order valence-corrected chi connectivity index (χ1v) is 25.3. The Morgan fingerprint density at radius 2 is 1.25 bits per heavy atom. The van der Waals surface area contributed by atoms with Crippen LogP contribution in [0.5, 0.6) is 5.75 Å². The van der Waals surface area contributed by atoms with E-state index in [1.165, 1.54) is 38.5 Å². The Morgan fingerprint density at radius 3 is 1.81 bits per heavy atom. The third-order valence-electron chi connectivity index (χ3n) is 9.68. The van der Waals surface area contributed by atoms with Crippen LogP contribution in [0.4, 0.5) is 11.4 Å². The number of ether oxygens (including phenoxy) is 1. The van der Waals surface area contributed by atoms with Crippen molar-refractivity contribution in [2.24, 2.45) is 5.41 Å². The lowest BCUT2D eigenvalue weighted by molar-refractivity contribution is -0.158. The molecule has 0 saturated heterocycles. The van der Waals surface area contributed by atoms with E-state index in [0.29, 0.717) is 37.1 Å². The summed E-state index contributed by atoms with van der Waals surface area (Å²) in [5.41, 5.74) is 13.1. The first-order chi connectivity index (χ1) is 25.3. The van der Waals surface area contributed by atoms with E-state index in [4.69, 9.17) is 16.2 Å². The van der Waals surface area contributed by atoms with Crippen molar-refractivity contribution in [1.29, 1.82) is 0 Å². The Balaban J connectivity index is 2.41. The summed E-state index contributed by atoms with van der Waals surface area (Å²) in [6.07, 6.45) is 20.1. The lowest BCUT2D eigenvalue weighted by atomic mass is 9.63. The predicted octanol–water partition coefficient (Wildman–Crippen LogP) is 12.7. The van der Waals surface area contributed by atoms with Crippen molar-refractivity contribution in [3.8, 4) is 5.75 Å². The number of benzene rings is 2. The number of allylic oxidation sites excluding steroid dienone is 2. The number of nitrogen functional groups attached to an aromatic ring is 2. The molecule has 298 valence electrons. The molecule has 0 aliphatic rings. The molecule has 0 aromatic heterocycles. The van der Waals surface area contributed by atoms with E-state index in [1.807, 2.05) is 12.1 Å². The summed E-state index contributed by atoms with van der Waals surface area (Å²) in [5, 5.41) is 21.3. The summed E-state index contributed by atoms with van der Waals surface area (Å²) in [7, 11) is 0. The van der Waals surface area contributed by atoms with E-state index in [-0.39, 0.29) is 18.6 Å². The summed E-state index contributed by atoms with van der Waals surface area (Å²) in [4.78, 5) is 30.0. The number of carbonyl (C=O) groups is 2. The van der Waals surface area contributed by atoms with E-state index in [2.05, 4.69) is 162 Å². The number of aliphatic hydroxyl groups is 2. The fourth-order valence-corrected chi connectivity index (χ4v) is 14.4. The summed E-state index contributed by atoms with van der Waals surface area (Å²) >= 11 is 13.1. The average molecular weight is 1410 g/mol. The van der Waals surface area contributed by atoms with Gasteiger partial charge in [0.05, 0.1) is 31.2 Å². The Kier molecular flexibility index (Phi) is 25.7.